The Morgan fingerprint density at radius 2 is 2.17 bits per heavy atom. The maximum absolute atomic E-state index is 11.5. The molecule has 7 heteroatoms. The second kappa shape index (κ2) is 6.23. The molecule has 23 heavy (non-hydrogen) atoms. The van der Waals surface area contributed by atoms with Crippen molar-refractivity contribution in [3.63, 3.8) is 0 Å². The molecule has 2 N–H and O–H groups in total. The van der Waals surface area contributed by atoms with E-state index in [2.05, 4.69) is 15.6 Å². The van der Waals surface area contributed by atoms with E-state index in [0.717, 1.165) is 22.3 Å². The molecule has 0 saturated carbocycles. The molecule has 0 aliphatic carbocycles. The first-order valence-corrected chi connectivity index (χ1v) is 9.45. The van der Waals surface area contributed by atoms with Gasteiger partial charge in [-0.3, -0.25) is 4.99 Å². The van der Waals surface area contributed by atoms with Crippen molar-refractivity contribution in [2.75, 3.05) is 18.6 Å². The number of furan rings is 1. The number of benzene rings is 1. The first kappa shape index (κ1) is 15.9. The zero-order chi connectivity index (χ0) is 16.4. The van der Waals surface area contributed by atoms with E-state index in [1.165, 1.54) is 0 Å². The molecule has 0 spiro atoms. The summed E-state index contributed by atoms with van der Waals surface area (Å²) < 4.78 is 28.9. The highest BCUT2D eigenvalue weighted by Gasteiger charge is 2.28. The number of rotatable bonds is 3. The van der Waals surface area contributed by atoms with Gasteiger partial charge in [-0.15, -0.1) is 0 Å². The third kappa shape index (κ3) is 3.50. The standard InChI is InChI=1S/C16H21N3O3S/c1-11-13-5-3-4-6-14(13)22-15(11)9-18-16(17-2)19-12-7-8-23(20,21)10-12/h3-6,12H,7-10H2,1-2H3,(H2,17,18,19). The second-order valence-electron chi connectivity index (χ2n) is 5.82. The van der Waals surface area contributed by atoms with Gasteiger partial charge < -0.3 is 15.1 Å². The van der Waals surface area contributed by atoms with Gasteiger partial charge in [-0.1, -0.05) is 18.2 Å². The Morgan fingerprint density at radius 3 is 2.83 bits per heavy atom. The summed E-state index contributed by atoms with van der Waals surface area (Å²) in [6.45, 7) is 2.53. The van der Waals surface area contributed by atoms with Crippen molar-refractivity contribution >= 4 is 26.8 Å². The molecule has 1 aromatic carbocycles. The van der Waals surface area contributed by atoms with Gasteiger partial charge in [-0.2, -0.15) is 0 Å². The topological polar surface area (TPSA) is 83.7 Å². The lowest BCUT2D eigenvalue weighted by atomic mass is 10.1. The van der Waals surface area contributed by atoms with E-state index < -0.39 is 9.84 Å². The lowest BCUT2D eigenvalue weighted by Crippen LogP contribution is -2.43. The predicted octanol–water partition coefficient (Wildman–Crippen LogP) is 1.59. The Hall–Kier alpha value is -2.02. The van der Waals surface area contributed by atoms with E-state index in [9.17, 15) is 8.42 Å². The van der Waals surface area contributed by atoms with E-state index in [1.54, 1.807) is 7.05 Å². The van der Waals surface area contributed by atoms with Crippen molar-refractivity contribution in [1.29, 1.82) is 0 Å². The van der Waals surface area contributed by atoms with Gasteiger partial charge in [0.05, 0.1) is 18.1 Å². The summed E-state index contributed by atoms with van der Waals surface area (Å²) in [4.78, 5) is 4.16. The summed E-state index contributed by atoms with van der Waals surface area (Å²) in [5.74, 6) is 1.85. The van der Waals surface area contributed by atoms with Crippen LogP contribution in [0.15, 0.2) is 33.7 Å². The molecule has 1 fully saturated rings. The highest BCUT2D eigenvalue weighted by atomic mass is 32.2. The number of hydrogen-bond acceptors (Lipinski definition) is 4. The highest BCUT2D eigenvalue weighted by molar-refractivity contribution is 7.91. The van der Waals surface area contributed by atoms with Crippen LogP contribution in [0.2, 0.25) is 0 Å². The van der Waals surface area contributed by atoms with Crippen molar-refractivity contribution in [2.45, 2.75) is 25.9 Å². The van der Waals surface area contributed by atoms with E-state index in [1.807, 2.05) is 31.2 Å². The average Bonchev–Trinajstić information content (AvgIpc) is 3.04. The molecular weight excluding hydrogens is 314 g/mol. The minimum atomic E-state index is -2.90. The SMILES string of the molecule is CN=C(NCc1oc2ccccc2c1C)NC1CCS(=O)(=O)C1. The zero-order valence-electron chi connectivity index (χ0n) is 13.3. The largest absolute Gasteiger partial charge is 0.459 e. The van der Waals surface area contributed by atoms with Crippen LogP contribution in [0.25, 0.3) is 11.0 Å². The summed E-state index contributed by atoms with van der Waals surface area (Å²) >= 11 is 0. The molecule has 1 unspecified atom stereocenters. The van der Waals surface area contributed by atoms with Gasteiger partial charge in [0.1, 0.15) is 11.3 Å². The van der Waals surface area contributed by atoms with Gasteiger partial charge in [-0.05, 0) is 19.4 Å². The normalized spacial score (nSPS) is 20.8. The Kier molecular flexibility index (Phi) is 4.30. The lowest BCUT2D eigenvalue weighted by Gasteiger charge is -2.15. The molecule has 2 heterocycles. The number of sulfone groups is 1. The molecule has 2 aromatic rings. The Morgan fingerprint density at radius 1 is 1.39 bits per heavy atom. The summed E-state index contributed by atoms with van der Waals surface area (Å²) in [5.41, 5.74) is 1.97. The van der Waals surface area contributed by atoms with Gasteiger partial charge in [0.2, 0.25) is 0 Å². The van der Waals surface area contributed by atoms with Gasteiger partial charge in [0, 0.05) is 24.0 Å². The summed E-state index contributed by atoms with van der Waals surface area (Å²) in [6.07, 6.45) is 0.618. The van der Waals surface area contributed by atoms with Gasteiger partial charge in [0.15, 0.2) is 15.8 Å². The number of hydrogen-bond donors (Lipinski definition) is 2. The van der Waals surface area contributed by atoms with E-state index in [-0.39, 0.29) is 17.5 Å². The summed E-state index contributed by atoms with van der Waals surface area (Å²) in [6, 6.07) is 7.84. The maximum atomic E-state index is 11.5. The first-order valence-electron chi connectivity index (χ1n) is 7.63. The summed E-state index contributed by atoms with van der Waals surface area (Å²) in [7, 11) is -1.23. The number of nitrogens with zero attached hydrogens (tertiary/aromatic N) is 1. The number of fused-ring (bicyclic) bond motifs is 1. The third-order valence-electron chi connectivity index (χ3n) is 4.16. The molecule has 1 aliphatic rings. The van der Waals surface area contributed by atoms with Crippen LogP contribution in [0.1, 0.15) is 17.7 Å². The lowest BCUT2D eigenvalue weighted by molar-refractivity contribution is 0.532. The average molecular weight is 335 g/mol. The van der Waals surface area contributed by atoms with E-state index in [0.29, 0.717) is 18.9 Å². The molecule has 3 rings (SSSR count). The third-order valence-corrected chi connectivity index (χ3v) is 5.92. The molecule has 1 atom stereocenters. The molecule has 6 nitrogen and oxygen atoms in total. The van der Waals surface area contributed by atoms with Gasteiger partial charge in [-0.25, -0.2) is 8.42 Å². The zero-order valence-corrected chi connectivity index (χ0v) is 14.1. The number of aryl methyl sites for hydroxylation is 1. The quantitative estimate of drug-likeness (QED) is 0.657. The molecular formula is C16H21N3O3S. The molecule has 1 aliphatic heterocycles. The van der Waals surface area contributed by atoms with Crippen molar-refractivity contribution in [1.82, 2.24) is 10.6 Å². The molecule has 0 bridgehead atoms. The Bertz CT molecular complexity index is 839. The van der Waals surface area contributed by atoms with Gasteiger partial charge in [0.25, 0.3) is 0 Å². The van der Waals surface area contributed by atoms with Crippen LogP contribution in [0.4, 0.5) is 0 Å². The number of aliphatic imine (C=N–C) groups is 1. The minimum Gasteiger partial charge on any atom is -0.459 e. The molecule has 0 amide bonds. The monoisotopic (exact) mass is 335 g/mol. The van der Waals surface area contributed by atoms with E-state index >= 15 is 0 Å². The fraction of sp³-hybridized carbons (Fsp3) is 0.438. The van der Waals surface area contributed by atoms with Crippen LogP contribution in [0.3, 0.4) is 0 Å². The van der Waals surface area contributed by atoms with Crippen molar-refractivity contribution in [3.05, 3.63) is 35.6 Å². The summed E-state index contributed by atoms with van der Waals surface area (Å²) in [5, 5.41) is 7.46. The van der Waals surface area contributed by atoms with E-state index in [4.69, 9.17) is 4.42 Å². The predicted molar refractivity (Wildman–Crippen MR) is 91.3 cm³/mol. The highest BCUT2D eigenvalue weighted by Crippen LogP contribution is 2.24. The van der Waals surface area contributed by atoms with Crippen LogP contribution < -0.4 is 10.6 Å². The molecule has 124 valence electrons. The fourth-order valence-electron chi connectivity index (χ4n) is 2.85. The minimum absolute atomic E-state index is 0.0806. The molecule has 0 radical (unpaired) electrons. The molecule has 1 saturated heterocycles. The van der Waals surface area contributed by atoms with Crippen LogP contribution in [-0.4, -0.2) is 39.0 Å². The fourth-order valence-corrected chi connectivity index (χ4v) is 4.53. The second-order valence-corrected chi connectivity index (χ2v) is 8.05. The molecule has 1 aromatic heterocycles. The maximum Gasteiger partial charge on any atom is 0.191 e. The smallest absolute Gasteiger partial charge is 0.191 e. The number of para-hydroxylation sites is 1. The van der Waals surface area contributed by atoms with Crippen molar-refractivity contribution < 1.29 is 12.8 Å². The number of nitrogens with one attached hydrogen (secondary N) is 2. The van der Waals surface area contributed by atoms with Crippen molar-refractivity contribution in [3.8, 4) is 0 Å². The van der Waals surface area contributed by atoms with Crippen molar-refractivity contribution in [2.24, 2.45) is 4.99 Å². The van der Waals surface area contributed by atoms with Crippen LogP contribution in [0, 0.1) is 6.92 Å². The van der Waals surface area contributed by atoms with Crippen LogP contribution in [0.5, 0.6) is 0 Å². The van der Waals surface area contributed by atoms with Gasteiger partial charge >= 0.3 is 0 Å². The number of guanidine groups is 1. The first-order chi connectivity index (χ1) is 11.0. The Balaban J connectivity index is 1.65. The van der Waals surface area contributed by atoms with Crippen LogP contribution >= 0.6 is 0 Å². The van der Waals surface area contributed by atoms with Crippen LogP contribution in [-0.2, 0) is 16.4 Å². The Labute approximate surface area is 135 Å².